The summed E-state index contributed by atoms with van der Waals surface area (Å²) in [6, 6.07) is 23.5. The van der Waals surface area contributed by atoms with E-state index in [4.69, 9.17) is 0 Å². The molecule has 6 heteroatoms. The maximum Gasteiger partial charge on any atom is 0.268 e. The first-order valence-corrected chi connectivity index (χ1v) is 12.3. The van der Waals surface area contributed by atoms with Crippen LogP contribution in [0.1, 0.15) is 35.2 Å². The SMILES string of the molecule is C=CCC(N[C@H](CO)c1ccccc1)c1cn(S(=O)(=O)c2ccc(C)cc2)c2ccccc12. The van der Waals surface area contributed by atoms with E-state index in [2.05, 4.69) is 11.9 Å². The lowest BCUT2D eigenvalue weighted by molar-refractivity contribution is 0.233. The molecule has 3 aromatic carbocycles. The van der Waals surface area contributed by atoms with Crippen molar-refractivity contribution in [3.8, 4) is 0 Å². The molecule has 2 N–H and O–H groups in total. The van der Waals surface area contributed by atoms with Crippen molar-refractivity contribution >= 4 is 20.9 Å². The fourth-order valence-electron chi connectivity index (χ4n) is 4.11. The molecule has 0 saturated carbocycles. The number of hydrogen-bond donors (Lipinski definition) is 2. The van der Waals surface area contributed by atoms with Gasteiger partial charge in [-0.05, 0) is 42.7 Å². The number of aliphatic hydroxyl groups excluding tert-OH is 1. The molecule has 1 aromatic heterocycles. The third-order valence-corrected chi connectivity index (χ3v) is 7.54. The molecule has 33 heavy (non-hydrogen) atoms. The Morgan fingerprint density at radius 3 is 2.30 bits per heavy atom. The average molecular weight is 461 g/mol. The minimum absolute atomic E-state index is 0.0854. The van der Waals surface area contributed by atoms with Gasteiger partial charge in [0.2, 0.25) is 0 Å². The average Bonchev–Trinajstić information content (AvgIpc) is 3.23. The Morgan fingerprint density at radius 1 is 0.970 bits per heavy atom. The van der Waals surface area contributed by atoms with Crippen LogP contribution in [0.5, 0.6) is 0 Å². The molecule has 1 unspecified atom stereocenters. The summed E-state index contributed by atoms with van der Waals surface area (Å²) < 4.78 is 28.4. The zero-order chi connectivity index (χ0) is 23.4. The molecule has 0 bridgehead atoms. The van der Waals surface area contributed by atoms with Crippen LogP contribution in [0.2, 0.25) is 0 Å². The second-order valence-corrected chi connectivity index (χ2v) is 9.92. The van der Waals surface area contributed by atoms with E-state index in [1.807, 2.05) is 61.5 Å². The second-order valence-electron chi connectivity index (χ2n) is 8.10. The van der Waals surface area contributed by atoms with Crippen LogP contribution in [-0.2, 0) is 10.0 Å². The van der Waals surface area contributed by atoms with E-state index in [1.165, 1.54) is 3.97 Å². The molecule has 0 radical (unpaired) electrons. The van der Waals surface area contributed by atoms with Crippen LogP contribution in [-0.4, -0.2) is 24.1 Å². The van der Waals surface area contributed by atoms with Crippen LogP contribution < -0.4 is 5.32 Å². The molecule has 0 aliphatic heterocycles. The Bertz CT molecular complexity index is 1340. The number of nitrogens with zero attached hydrogens (tertiary/aromatic N) is 1. The van der Waals surface area contributed by atoms with E-state index >= 15 is 0 Å². The van der Waals surface area contributed by atoms with Gasteiger partial charge in [-0.3, -0.25) is 0 Å². The molecule has 0 aliphatic carbocycles. The number of rotatable bonds is 9. The van der Waals surface area contributed by atoms with Crippen molar-refractivity contribution in [3.05, 3.63) is 114 Å². The predicted molar refractivity (Wildman–Crippen MR) is 133 cm³/mol. The van der Waals surface area contributed by atoms with E-state index < -0.39 is 10.0 Å². The van der Waals surface area contributed by atoms with Crippen molar-refractivity contribution in [1.29, 1.82) is 0 Å². The normalized spacial score (nSPS) is 13.6. The lowest BCUT2D eigenvalue weighted by atomic mass is 9.99. The monoisotopic (exact) mass is 460 g/mol. The van der Waals surface area contributed by atoms with Crippen molar-refractivity contribution in [1.82, 2.24) is 9.29 Å². The Hall–Kier alpha value is -3.19. The number of fused-ring (bicyclic) bond motifs is 1. The summed E-state index contributed by atoms with van der Waals surface area (Å²) in [4.78, 5) is 0.242. The molecule has 170 valence electrons. The molecule has 2 atom stereocenters. The minimum atomic E-state index is -3.78. The fraction of sp³-hybridized carbons (Fsp3) is 0.185. The highest BCUT2D eigenvalue weighted by atomic mass is 32.2. The lowest BCUT2D eigenvalue weighted by Gasteiger charge is -2.24. The van der Waals surface area contributed by atoms with Gasteiger partial charge in [-0.25, -0.2) is 12.4 Å². The third-order valence-electron chi connectivity index (χ3n) is 5.85. The largest absolute Gasteiger partial charge is 0.394 e. The standard InChI is InChI=1S/C27H28N2O3S/c1-3-9-25(28-26(19-30)21-10-5-4-6-11-21)24-18-29(27-13-8-7-12-23(24)27)33(31,32)22-16-14-20(2)15-17-22/h3-8,10-18,25-26,28,30H,1,9,19H2,2H3/t25?,26-/m1/s1. The molecule has 4 rings (SSSR count). The summed E-state index contributed by atoms with van der Waals surface area (Å²) in [5.74, 6) is 0. The van der Waals surface area contributed by atoms with Crippen LogP contribution >= 0.6 is 0 Å². The Morgan fingerprint density at radius 2 is 1.64 bits per heavy atom. The van der Waals surface area contributed by atoms with Crippen molar-refractivity contribution in [2.75, 3.05) is 6.61 Å². The molecule has 0 spiro atoms. The van der Waals surface area contributed by atoms with Gasteiger partial charge in [-0.15, -0.1) is 6.58 Å². The van der Waals surface area contributed by atoms with Gasteiger partial charge in [0.25, 0.3) is 10.0 Å². The van der Waals surface area contributed by atoms with Gasteiger partial charge in [-0.1, -0.05) is 72.3 Å². The Labute approximate surface area is 195 Å². The molecule has 1 heterocycles. The molecule has 5 nitrogen and oxygen atoms in total. The summed E-state index contributed by atoms with van der Waals surface area (Å²) >= 11 is 0. The van der Waals surface area contributed by atoms with Gasteiger partial charge >= 0.3 is 0 Å². The van der Waals surface area contributed by atoms with Gasteiger partial charge in [0.05, 0.1) is 23.1 Å². The number of aryl methyl sites for hydroxylation is 1. The Kier molecular flexibility index (Phi) is 6.79. The minimum Gasteiger partial charge on any atom is -0.394 e. The van der Waals surface area contributed by atoms with E-state index in [-0.39, 0.29) is 23.6 Å². The molecule has 0 fully saturated rings. The molecular weight excluding hydrogens is 432 g/mol. The fourth-order valence-corrected chi connectivity index (χ4v) is 5.49. The molecule has 4 aromatic rings. The highest BCUT2D eigenvalue weighted by molar-refractivity contribution is 7.90. The molecule has 0 aliphatic rings. The van der Waals surface area contributed by atoms with Crippen LogP contribution in [0.15, 0.2) is 103 Å². The summed E-state index contributed by atoms with van der Waals surface area (Å²) in [6.07, 6.45) is 4.07. The first-order chi connectivity index (χ1) is 16.0. The Balaban J connectivity index is 1.81. The van der Waals surface area contributed by atoms with Crippen LogP contribution in [0, 0.1) is 6.92 Å². The third kappa shape index (κ3) is 4.64. The predicted octanol–water partition coefficient (Wildman–Crippen LogP) is 5.13. The second kappa shape index (κ2) is 9.75. The first-order valence-electron chi connectivity index (χ1n) is 10.9. The van der Waals surface area contributed by atoms with E-state index in [9.17, 15) is 13.5 Å². The van der Waals surface area contributed by atoms with Crippen molar-refractivity contribution < 1.29 is 13.5 Å². The number of aliphatic hydroxyl groups is 1. The van der Waals surface area contributed by atoms with Gasteiger partial charge < -0.3 is 10.4 Å². The van der Waals surface area contributed by atoms with Gasteiger partial charge in [0.1, 0.15) is 0 Å². The van der Waals surface area contributed by atoms with Gasteiger partial charge in [0, 0.05) is 17.6 Å². The number of aromatic nitrogens is 1. The molecule has 0 saturated heterocycles. The number of para-hydroxylation sites is 1. The van der Waals surface area contributed by atoms with Gasteiger partial charge in [0.15, 0.2) is 0 Å². The van der Waals surface area contributed by atoms with E-state index in [1.54, 1.807) is 36.5 Å². The van der Waals surface area contributed by atoms with Crippen molar-refractivity contribution in [2.24, 2.45) is 0 Å². The molecule has 0 amide bonds. The van der Waals surface area contributed by atoms with Crippen molar-refractivity contribution in [3.63, 3.8) is 0 Å². The summed E-state index contributed by atoms with van der Waals surface area (Å²) in [6.45, 7) is 5.74. The number of benzene rings is 3. The molecular formula is C27H28N2O3S. The van der Waals surface area contributed by atoms with E-state index in [0.29, 0.717) is 11.9 Å². The van der Waals surface area contributed by atoms with Crippen LogP contribution in [0.4, 0.5) is 0 Å². The summed E-state index contributed by atoms with van der Waals surface area (Å²) in [7, 11) is -3.78. The van der Waals surface area contributed by atoms with Gasteiger partial charge in [-0.2, -0.15) is 0 Å². The smallest absolute Gasteiger partial charge is 0.268 e. The zero-order valence-corrected chi connectivity index (χ0v) is 19.4. The number of hydrogen-bond acceptors (Lipinski definition) is 4. The topological polar surface area (TPSA) is 71.3 Å². The highest BCUT2D eigenvalue weighted by Gasteiger charge is 2.25. The maximum absolute atomic E-state index is 13.5. The van der Waals surface area contributed by atoms with Crippen molar-refractivity contribution in [2.45, 2.75) is 30.3 Å². The highest BCUT2D eigenvalue weighted by Crippen LogP contribution is 2.33. The maximum atomic E-state index is 13.5. The summed E-state index contributed by atoms with van der Waals surface area (Å²) in [5.41, 5.74) is 3.42. The van der Waals surface area contributed by atoms with Crippen LogP contribution in [0.3, 0.4) is 0 Å². The quantitative estimate of drug-likeness (QED) is 0.340. The van der Waals surface area contributed by atoms with E-state index in [0.717, 1.165) is 22.1 Å². The lowest BCUT2D eigenvalue weighted by Crippen LogP contribution is -2.28. The number of nitrogens with one attached hydrogen (secondary N) is 1. The summed E-state index contributed by atoms with van der Waals surface area (Å²) in [5, 5.41) is 14.4. The zero-order valence-electron chi connectivity index (χ0n) is 18.6. The van der Waals surface area contributed by atoms with Crippen LogP contribution in [0.25, 0.3) is 10.9 Å². The first kappa shape index (κ1) is 23.0.